The minimum absolute atomic E-state index is 0.0998. The lowest BCUT2D eigenvalue weighted by Gasteiger charge is -2.20. The van der Waals surface area contributed by atoms with Gasteiger partial charge in [0.1, 0.15) is 23.8 Å². The minimum Gasteiger partial charge on any atom is -0.497 e. The number of hydrogen-bond donors (Lipinski definition) is 2. The standard InChI is InChI=1S/C27H30N6O3/c1-32(2)12-13-33-21-9-8-20(30-11-10-28)24-25(21)26(31-33)23-19(27(24)34)14-29-15-22(23)36-16-17-4-6-18(35-3)7-5-17/h4-9,14-15,30H,10-13,16,28H2,1-3H3. The molecule has 0 fully saturated rings. The van der Waals surface area contributed by atoms with Crippen LogP contribution in [-0.2, 0) is 13.2 Å². The fraction of sp³-hybridized carbons (Fsp3) is 0.296. The first-order chi connectivity index (χ1) is 17.5. The number of ketones is 1. The molecule has 1 aliphatic rings. The van der Waals surface area contributed by atoms with Crippen LogP contribution >= 0.6 is 0 Å². The van der Waals surface area contributed by atoms with E-state index in [0.29, 0.717) is 48.7 Å². The Morgan fingerprint density at radius 2 is 1.89 bits per heavy atom. The molecule has 9 nitrogen and oxygen atoms in total. The predicted molar refractivity (Wildman–Crippen MR) is 140 cm³/mol. The number of rotatable bonds is 10. The number of methoxy groups -OCH3 is 1. The van der Waals surface area contributed by atoms with Crippen molar-refractivity contribution < 1.29 is 14.3 Å². The molecule has 36 heavy (non-hydrogen) atoms. The number of aromatic nitrogens is 3. The summed E-state index contributed by atoms with van der Waals surface area (Å²) in [7, 11) is 5.69. The predicted octanol–water partition coefficient (Wildman–Crippen LogP) is 3.16. The lowest BCUT2D eigenvalue weighted by Crippen LogP contribution is -2.19. The lowest BCUT2D eigenvalue weighted by atomic mass is 9.87. The summed E-state index contributed by atoms with van der Waals surface area (Å²) in [6.45, 7) is 2.85. The van der Waals surface area contributed by atoms with Crippen molar-refractivity contribution in [2.75, 3.05) is 46.2 Å². The molecule has 0 unspecified atom stereocenters. The zero-order valence-corrected chi connectivity index (χ0v) is 20.7. The van der Waals surface area contributed by atoms with Crippen molar-refractivity contribution in [3.63, 3.8) is 0 Å². The van der Waals surface area contributed by atoms with Gasteiger partial charge in [-0.25, -0.2) is 0 Å². The van der Waals surface area contributed by atoms with Crippen LogP contribution in [0.3, 0.4) is 0 Å². The maximum atomic E-state index is 13.8. The molecule has 3 N–H and O–H groups in total. The Morgan fingerprint density at radius 1 is 1.08 bits per heavy atom. The normalized spacial score (nSPS) is 12.2. The van der Waals surface area contributed by atoms with Crippen LogP contribution in [-0.4, -0.2) is 66.3 Å². The molecule has 0 atom stereocenters. The molecule has 2 aromatic heterocycles. The van der Waals surface area contributed by atoms with Crippen molar-refractivity contribution in [1.29, 1.82) is 0 Å². The van der Waals surface area contributed by atoms with Crippen molar-refractivity contribution in [2.24, 2.45) is 5.73 Å². The molecule has 0 bridgehead atoms. The summed E-state index contributed by atoms with van der Waals surface area (Å²) in [5.41, 5.74) is 10.9. The molecule has 186 valence electrons. The molecule has 0 saturated heterocycles. The number of likely N-dealkylation sites (N-methyl/N-ethyl adjacent to an activating group) is 1. The van der Waals surface area contributed by atoms with Gasteiger partial charge in [0.25, 0.3) is 0 Å². The number of carbonyl (C=O) groups excluding carboxylic acids is 1. The first kappa shape index (κ1) is 23.8. The van der Waals surface area contributed by atoms with Gasteiger partial charge in [0.2, 0.25) is 0 Å². The number of fused-ring (bicyclic) bond motifs is 2. The molecule has 0 aliphatic heterocycles. The molecule has 1 aliphatic carbocycles. The van der Waals surface area contributed by atoms with E-state index in [2.05, 4.69) is 15.2 Å². The number of pyridine rings is 1. The Bertz CT molecular complexity index is 1410. The van der Waals surface area contributed by atoms with Gasteiger partial charge in [-0.2, -0.15) is 5.10 Å². The van der Waals surface area contributed by atoms with Crippen LogP contribution in [0, 0.1) is 0 Å². The highest BCUT2D eigenvalue weighted by Gasteiger charge is 2.33. The number of hydrogen-bond acceptors (Lipinski definition) is 8. The van der Waals surface area contributed by atoms with Crippen molar-refractivity contribution >= 4 is 22.4 Å². The number of benzene rings is 2. The Labute approximate surface area is 209 Å². The fourth-order valence-corrected chi connectivity index (χ4v) is 4.49. The lowest BCUT2D eigenvalue weighted by molar-refractivity contribution is 0.104. The van der Waals surface area contributed by atoms with E-state index in [-0.39, 0.29) is 5.78 Å². The summed E-state index contributed by atoms with van der Waals surface area (Å²) < 4.78 is 13.4. The van der Waals surface area contributed by atoms with E-state index in [1.54, 1.807) is 19.5 Å². The van der Waals surface area contributed by atoms with E-state index in [9.17, 15) is 4.79 Å². The smallest absolute Gasteiger partial charge is 0.198 e. The Balaban J connectivity index is 1.61. The van der Waals surface area contributed by atoms with E-state index in [1.807, 2.05) is 55.2 Å². The highest BCUT2D eigenvalue weighted by molar-refractivity contribution is 6.28. The van der Waals surface area contributed by atoms with E-state index >= 15 is 0 Å². The summed E-state index contributed by atoms with van der Waals surface area (Å²) in [6, 6.07) is 11.6. The Morgan fingerprint density at radius 3 is 2.61 bits per heavy atom. The SMILES string of the molecule is COc1ccc(COc2cncc3c2-c2nn(CCN(C)C)c4ccc(NCCN)c(c24)C3=O)cc1. The van der Waals surface area contributed by atoms with E-state index < -0.39 is 0 Å². The van der Waals surface area contributed by atoms with Crippen LogP contribution in [0.2, 0.25) is 0 Å². The van der Waals surface area contributed by atoms with Crippen LogP contribution in [0.15, 0.2) is 48.8 Å². The van der Waals surface area contributed by atoms with E-state index in [0.717, 1.165) is 40.1 Å². The highest BCUT2D eigenvalue weighted by Crippen LogP contribution is 2.45. The number of nitrogens with zero attached hydrogens (tertiary/aromatic N) is 4. The summed E-state index contributed by atoms with van der Waals surface area (Å²) in [4.78, 5) is 20.3. The number of ether oxygens (including phenoxy) is 2. The van der Waals surface area contributed by atoms with Crippen LogP contribution in [0.4, 0.5) is 5.69 Å². The maximum Gasteiger partial charge on any atom is 0.198 e. The summed E-state index contributed by atoms with van der Waals surface area (Å²) in [6.07, 6.45) is 3.26. The largest absolute Gasteiger partial charge is 0.497 e. The fourth-order valence-electron chi connectivity index (χ4n) is 4.49. The second kappa shape index (κ2) is 9.96. The summed E-state index contributed by atoms with van der Waals surface area (Å²) in [5, 5.41) is 9.12. The first-order valence-corrected chi connectivity index (χ1v) is 11.9. The maximum absolute atomic E-state index is 13.8. The Kier molecular flexibility index (Phi) is 6.58. The van der Waals surface area contributed by atoms with E-state index in [4.69, 9.17) is 20.3 Å². The number of nitrogens with one attached hydrogen (secondary N) is 1. The molecule has 2 heterocycles. The van der Waals surface area contributed by atoms with Crippen molar-refractivity contribution in [3.05, 3.63) is 65.5 Å². The molecule has 4 aromatic rings. The van der Waals surface area contributed by atoms with Crippen LogP contribution in [0.25, 0.3) is 22.2 Å². The molecule has 0 amide bonds. The zero-order chi connectivity index (χ0) is 25.2. The minimum atomic E-state index is -0.0998. The average Bonchev–Trinajstić information content (AvgIpc) is 3.27. The highest BCUT2D eigenvalue weighted by atomic mass is 16.5. The van der Waals surface area contributed by atoms with Crippen molar-refractivity contribution in [2.45, 2.75) is 13.2 Å². The molecular weight excluding hydrogens is 456 g/mol. The zero-order valence-electron chi connectivity index (χ0n) is 20.7. The number of nitrogens with two attached hydrogens (primary N) is 1. The molecule has 0 radical (unpaired) electrons. The second-order valence-corrected chi connectivity index (χ2v) is 9.00. The quantitative estimate of drug-likeness (QED) is 0.310. The summed E-state index contributed by atoms with van der Waals surface area (Å²) >= 11 is 0. The first-order valence-electron chi connectivity index (χ1n) is 11.9. The third-order valence-corrected chi connectivity index (χ3v) is 6.31. The molecule has 5 rings (SSSR count). The van der Waals surface area contributed by atoms with Gasteiger partial charge in [-0.1, -0.05) is 12.1 Å². The van der Waals surface area contributed by atoms with Crippen LogP contribution < -0.4 is 20.5 Å². The van der Waals surface area contributed by atoms with E-state index in [1.165, 1.54) is 0 Å². The average molecular weight is 487 g/mol. The second-order valence-electron chi connectivity index (χ2n) is 9.00. The van der Waals surface area contributed by atoms with Gasteiger partial charge in [0.15, 0.2) is 5.78 Å². The van der Waals surface area contributed by atoms with Crippen LogP contribution in [0.1, 0.15) is 21.5 Å². The van der Waals surface area contributed by atoms with Gasteiger partial charge >= 0.3 is 0 Å². The number of carbonyl (C=O) groups is 1. The van der Waals surface area contributed by atoms with Crippen molar-refractivity contribution in [1.82, 2.24) is 19.7 Å². The van der Waals surface area contributed by atoms with Gasteiger partial charge in [0, 0.05) is 36.9 Å². The number of anilines is 1. The molecule has 0 saturated carbocycles. The molecular formula is C27H30N6O3. The Hall–Kier alpha value is -3.95. The van der Waals surface area contributed by atoms with Gasteiger partial charge in [0.05, 0.1) is 42.1 Å². The molecule has 0 spiro atoms. The van der Waals surface area contributed by atoms with Gasteiger partial charge < -0.3 is 25.4 Å². The summed E-state index contributed by atoms with van der Waals surface area (Å²) in [5.74, 6) is 1.21. The third kappa shape index (κ3) is 4.27. The van der Waals surface area contributed by atoms with Gasteiger partial charge in [-0.3, -0.25) is 14.5 Å². The van der Waals surface area contributed by atoms with Gasteiger partial charge in [-0.05, 0) is 43.9 Å². The third-order valence-electron chi connectivity index (χ3n) is 6.31. The van der Waals surface area contributed by atoms with Gasteiger partial charge in [-0.15, -0.1) is 0 Å². The monoisotopic (exact) mass is 486 g/mol. The van der Waals surface area contributed by atoms with Crippen LogP contribution in [0.5, 0.6) is 11.5 Å². The molecule has 9 heteroatoms. The topological polar surface area (TPSA) is 108 Å². The molecule has 2 aromatic carbocycles. The van der Waals surface area contributed by atoms with Crippen molar-refractivity contribution in [3.8, 4) is 22.8 Å².